The molecule has 2 amide bonds. The minimum absolute atomic E-state index is 0.131. The average Bonchev–Trinajstić information content (AvgIpc) is 3.40. The fraction of sp³-hybridized carbons (Fsp3) is 0.412. The summed E-state index contributed by atoms with van der Waals surface area (Å²) in [5.41, 5.74) is 1.29. The van der Waals surface area contributed by atoms with Gasteiger partial charge in [0.25, 0.3) is 0 Å². The SMILES string of the molecule is COc1cc(NC(=O)N2CCC[C@H](c3n[nH]c(C)n3)C2)cc(-n2cnnn2)c1. The number of aromatic nitrogens is 7. The van der Waals surface area contributed by atoms with Gasteiger partial charge in [0.1, 0.15) is 17.9 Å². The highest BCUT2D eigenvalue weighted by Crippen LogP contribution is 2.26. The van der Waals surface area contributed by atoms with Gasteiger partial charge in [0, 0.05) is 36.8 Å². The zero-order chi connectivity index (χ0) is 19.5. The molecule has 11 heteroatoms. The number of H-pyrrole nitrogens is 1. The maximum Gasteiger partial charge on any atom is 0.321 e. The molecular formula is C17H21N9O2. The number of ether oxygens (including phenoxy) is 1. The Kier molecular flexibility index (Phi) is 4.87. The Labute approximate surface area is 161 Å². The lowest BCUT2D eigenvalue weighted by atomic mass is 9.98. The molecule has 11 nitrogen and oxygen atoms in total. The Hall–Kier alpha value is -3.50. The van der Waals surface area contributed by atoms with E-state index in [1.165, 1.54) is 11.0 Å². The van der Waals surface area contributed by atoms with E-state index in [1.54, 1.807) is 30.2 Å². The largest absolute Gasteiger partial charge is 0.497 e. The number of hydrogen-bond donors (Lipinski definition) is 2. The van der Waals surface area contributed by atoms with Crippen LogP contribution in [0.25, 0.3) is 5.69 Å². The summed E-state index contributed by atoms with van der Waals surface area (Å²) in [5.74, 6) is 2.27. The quantitative estimate of drug-likeness (QED) is 0.699. The number of nitrogens with zero attached hydrogens (tertiary/aromatic N) is 7. The van der Waals surface area contributed by atoms with Crippen LogP contribution in [0.2, 0.25) is 0 Å². The molecule has 28 heavy (non-hydrogen) atoms. The Morgan fingerprint density at radius 1 is 1.36 bits per heavy atom. The van der Waals surface area contributed by atoms with Gasteiger partial charge in [0.15, 0.2) is 5.82 Å². The van der Waals surface area contributed by atoms with Crippen molar-refractivity contribution in [2.45, 2.75) is 25.7 Å². The number of likely N-dealkylation sites (tertiary alicyclic amines) is 1. The number of aryl methyl sites for hydroxylation is 1. The molecule has 0 spiro atoms. The summed E-state index contributed by atoms with van der Waals surface area (Å²) in [5, 5.41) is 21.2. The van der Waals surface area contributed by atoms with Crippen LogP contribution in [0.5, 0.6) is 5.75 Å². The van der Waals surface area contributed by atoms with Crippen molar-refractivity contribution in [1.29, 1.82) is 0 Å². The summed E-state index contributed by atoms with van der Waals surface area (Å²) in [6, 6.07) is 5.16. The van der Waals surface area contributed by atoms with Crippen LogP contribution in [0.3, 0.4) is 0 Å². The summed E-state index contributed by atoms with van der Waals surface area (Å²) < 4.78 is 6.83. The second-order valence-electron chi connectivity index (χ2n) is 6.67. The molecule has 0 saturated carbocycles. The molecule has 0 bridgehead atoms. The molecule has 146 valence electrons. The summed E-state index contributed by atoms with van der Waals surface area (Å²) in [6.45, 7) is 3.14. The number of urea groups is 1. The number of piperidine rings is 1. The summed E-state index contributed by atoms with van der Waals surface area (Å²) in [7, 11) is 1.57. The van der Waals surface area contributed by atoms with Crippen LogP contribution in [0.15, 0.2) is 24.5 Å². The van der Waals surface area contributed by atoms with Gasteiger partial charge in [0.05, 0.1) is 12.8 Å². The van der Waals surface area contributed by atoms with Crippen molar-refractivity contribution in [2.75, 3.05) is 25.5 Å². The molecular weight excluding hydrogens is 362 g/mol. The van der Waals surface area contributed by atoms with E-state index in [1.807, 2.05) is 6.92 Å². The first kappa shape index (κ1) is 17.9. The molecule has 2 N–H and O–H groups in total. The van der Waals surface area contributed by atoms with Crippen molar-refractivity contribution < 1.29 is 9.53 Å². The maximum absolute atomic E-state index is 12.8. The summed E-state index contributed by atoms with van der Waals surface area (Å²) in [4.78, 5) is 19.0. The highest BCUT2D eigenvalue weighted by atomic mass is 16.5. The number of nitrogens with one attached hydrogen (secondary N) is 2. The van der Waals surface area contributed by atoms with E-state index in [4.69, 9.17) is 4.74 Å². The Morgan fingerprint density at radius 3 is 2.96 bits per heavy atom. The van der Waals surface area contributed by atoms with Crippen LogP contribution in [-0.2, 0) is 0 Å². The van der Waals surface area contributed by atoms with Crippen LogP contribution in [-0.4, -0.2) is 66.5 Å². The highest BCUT2D eigenvalue weighted by molar-refractivity contribution is 5.90. The highest BCUT2D eigenvalue weighted by Gasteiger charge is 2.27. The van der Waals surface area contributed by atoms with Crippen molar-refractivity contribution in [3.05, 3.63) is 36.2 Å². The molecule has 1 atom stereocenters. The molecule has 0 aliphatic carbocycles. The van der Waals surface area contributed by atoms with Crippen molar-refractivity contribution in [2.24, 2.45) is 0 Å². The van der Waals surface area contributed by atoms with E-state index in [0.29, 0.717) is 30.2 Å². The fourth-order valence-corrected chi connectivity index (χ4v) is 3.30. The van der Waals surface area contributed by atoms with Crippen LogP contribution in [0.4, 0.5) is 10.5 Å². The van der Waals surface area contributed by atoms with Gasteiger partial charge in [-0.3, -0.25) is 5.10 Å². The third-order valence-electron chi connectivity index (χ3n) is 4.68. The normalized spacial score (nSPS) is 16.8. The van der Waals surface area contributed by atoms with Crippen molar-refractivity contribution >= 4 is 11.7 Å². The lowest BCUT2D eigenvalue weighted by molar-refractivity contribution is 0.191. The smallest absolute Gasteiger partial charge is 0.321 e. The number of anilines is 1. The van der Waals surface area contributed by atoms with Crippen LogP contribution >= 0.6 is 0 Å². The predicted octanol–water partition coefficient (Wildman–Crippen LogP) is 1.51. The third-order valence-corrected chi connectivity index (χ3v) is 4.68. The zero-order valence-electron chi connectivity index (χ0n) is 15.7. The molecule has 1 aliphatic rings. The number of hydrogen-bond acceptors (Lipinski definition) is 7. The summed E-state index contributed by atoms with van der Waals surface area (Å²) >= 11 is 0. The first-order valence-electron chi connectivity index (χ1n) is 8.99. The van der Waals surface area contributed by atoms with Gasteiger partial charge in [-0.05, 0) is 36.3 Å². The fourth-order valence-electron chi connectivity index (χ4n) is 3.30. The van der Waals surface area contributed by atoms with E-state index < -0.39 is 0 Å². The molecule has 1 fully saturated rings. The Balaban J connectivity index is 1.49. The van der Waals surface area contributed by atoms with Gasteiger partial charge in [-0.1, -0.05) is 0 Å². The van der Waals surface area contributed by atoms with Crippen LogP contribution < -0.4 is 10.1 Å². The number of carbonyl (C=O) groups excluding carboxylic acids is 1. The van der Waals surface area contributed by atoms with Crippen molar-refractivity contribution in [3.63, 3.8) is 0 Å². The number of methoxy groups -OCH3 is 1. The van der Waals surface area contributed by atoms with E-state index in [2.05, 4.69) is 36.0 Å². The lowest BCUT2D eigenvalue weighted by Gasteiger charge is -2.31. The topological polar surface area (TPSA) is 127 Å². The maximum atomic E-state index is 12.8. The first-order valence-corrected chi connectivity index (χ1v) is 8.99. The van der Waals surface area contributed by atoms with Gasteiger partial charge in [-0.2, -0.15) is 5.10 Å². The van der Waals surface area contributed by atoms with Gasteiger partial charge in [0.2, 0.25) is 0 Å². The van der Waals surface area contributed by atoms with Crippen LogP contribution in [0, 0.1) is 6.92 Å². The molecule has 0 radical (unpaired) electrons. The lowest BCUT2D eigenvalue weighted by Crippen LogP contribution is -2.41. The molecule has 1 aromatic carbocycles. The van der Waals surface area contributed by atoms with Gasteiger partial charge < -0.3 is 15.0 Å². The minimum atomic E-state index is -0.173. The van der Waals surface area contributed by atoms with E-state index >= 15 is 0 Å². The Morgan fingerprint density at radius 2 is 2.25 bits per heavy atom. The van der Waals surface area contributed by atoms with Crippen molar-refractivity contribution in [3.8, 4) is 11.4 Å². The van der Waals surface area contributed by atoms with Gasteiger partial charge >= 0.3 is 6.03 Å². The number of tetrazole rings is 1. The standard InChI is InChI=1S/C17H21N9O2/c1-11-19-16(22-21-11)12-4-3-5-25(9-12)17(27)20-13-6-14(8-15(7-13)28-2)26-10-18-23-24-26/h6-8,10,12H,3-5,9H2,1-2H3,(H,20,27)(H,19,21,22)/t12-/m0/s1. The molecule has 0 unspecified atom stereocenters. The second kappa shape index (κ2) is 7.62. The number of carbonyl (C=O) groups is 1. The molecule has 1 saturated heterocycles. The van der Waals surface area contributed by atoms with E-state index in [-0.39, 0.29) is 11.9 Å². The second-order valence-corrected chi connectivity index (χ2v) is 6.67. The molecule has 3 heterocycles. The number of amides is 2. The summed E-state index contributed by atoms with van der Waals surface area (Å²) in [6.07, 6.45) is 3.35. The van der Waals surface area contributed by atoms with Crippen molar-refractivity contribution in [1.82, 2.24) is 40.3 Å². The number of rotatable bonds is 4. The molecule has 2 aromatic heterocycles. The van der Waals surface area contributed by atoms with Crippen LogP contribution in [0.1, 0.15) is 30.4 Å². The third kappa shape index (κ3) is 3.77. The predicted molar refractivity (Wildman–Crippen MR) is 99.4 cm³/mol. The van der Waals surface area contributed by atoms with Gasteiger partial charge in [-0.25, -0.2) is 14.5 Å². The van der Waals surface area contributed by atoms with E-state index in [9.17, 15) is 4.79 Å². The van der Waals surface area contributed by atoms with E-state index in [0.717, 1.165) is 24.5 Å². The minimum Gasteiger partial charge on any atom is -0.497 e. The first-order chi connectivity index (χ1) is 13.6. The number of aromatic amines is 1. The molecule has 1 aliphatic heterocycles. The molecule has 4 rings (SSSR count). The van der Waals surface area contributed by atoms with Gasteiger partial charge in [-0.15, -0.1) is 5.10 Å². The monoisotopic (exact) mass is 383 g/mol. The molecule has 3 aromatic rings. The number of benzene rings is 1. The average molecular weight is 383 g/mol. The Bertz CT molecular complexity index is 953. The zero-order valence-corrected chi connectivity index (χ0v) is 15.7.